The van der Waals surface area contributed by atoms with Crippen molar-refractivity contribution in [2.24, 2.45) is 0 Å². The van der Waals surface area contributed by atoms with Gasteiger partial charge in [-0.3, -0.25) is 0 Å². The molecule has 0 bridgehead atoms. The molecule has 1 heterocycles. The molecule has 3 nitrogen and oxygen atoms in total. The van der Waals surface area contributed by atoms with Gasteiger partial charge in [-0.25, -0.2) is 4.98 Å². The summed E-state index contributed by atoms with van der Waals surface area (Å²) in [4.78, 5) is 4.74. The summed E-state index contributed by atoms with van der Waals surface area (Å²) in [6.07, 6.45) is 0. The Kier molecular flexibility index (Phi) is 5.07. The van der Waals surface area contributed by atoms with Gasteiger partial charge < -0.3 is 10.1 Å². The largest absolute Gasteiger partial charge is 0.380 e. The first-order valence-corrected chi connectivity index (χ1v) is 7.40. The Hall–Kier alpha value is -1.23. The molecule has 2 aromatic rings. The van der Waals surface area contributed by atoms with Gasteiger partial charge in [0.25, 0.3) is 0 Å². The standard InChI is InChI=1S/C15H20N2OS/c1-4-16-11(2)14-10-19-15(17-14)13-8-6-5-7-12(13)9-18-3/h5-8,10-11,16H,4,9H2,1-3H3. The highest BCUT2D eigenvalue weighted by atomic mass is 32.1. The number of benzene rings is 1. The average Bonchev–Trinajstić information content (AvgIpc) is 2.90. The Morgan fingerprint density at radius 3 is 2.89 bits per heavy atom. The van der Waals surface area contributed by atoms with Crippen LogP contribution < -0.4 is 5.32 Å². The SMILES string of the molecule is CCNC(C)c1csc(-c2ccccc2COC)n1. The number of hydrogen-bond donors (Lipinski definition) is 1. The highest BCUT2D eigenvalue weighted by Gasteiger charge is 2.12. The fourth-order valence-corrected chi connectivity index (χ4v) is 3.00. The molecule has 1 atom stereocenters. The van der Waals surface area contributed by atoms with E-state index < -0.39 is 0 Å². The van der Waals surface area contributed by atoms with Crippen molar-refractivity contribution < 1.29 is 4.74 Å². The molecule has 0 aliphatic rings. The van der Waals surface area contributed by atoms with E-state index in [1.165, 1.54) is 11.1 Å². The molecule has 0 fully saturated rings. The van der Waals surface area contributed by atoms with Crippen LogP contribution in [0.25, 0.3) is 10.6 Å². The van der Waals surface area contributed by atoms with Gasteiger partial charge >= 0.3 is 0 Å². The van der Waals surface area contributed by atoms with Gasteiger partial charge in [-0.05, 0) is 19.0 Å². The maximum Gasteiger partial charge on any atom is 0.124 e. The molecule has 1 unspecified atom stereocenters. The summed E-state index contributed by atoms with van der Waals surface area (Å²) < 4.78 is 5.25. The smallest absolute Gasteiger partial charge is 0.124 e. The van der Waals surface area contributed by atoms with Gasteiger partial charge in [0.2, 0.25) is 0 Å². The molecule has 0 radical (unpaired) electrons. The Morgan fingerprint density at radius 2 is 2.16 bits per heavy atom. The summed E-state index contributed by atoms with van der Waals surface area (Å²) >= 11 is 1.69. The first-order chi connectivity index (χ1) is 9.26. The van der Waals surface area contributed by atoms with E-state index in [4.69, 9.17) is 9.72 Å². The van der Waals surface area contributed by atoms with Crippen molar-refractivity contribution in [2.75, 3.05) is 13.7 Å². The van der Waals surface area contributed by atoms with Crippen LogP contribution in [0.5, 0.6) is 0 Å². The predicted octanol–water partition coefficient (Wildman–Crippen LogP) is 3.63. The van der Waals surface area contributed by atoms with Crippen molar-refractivity contribution in [3.05, 3.63) is 40.9 Å². The van der Waals surface area contributed by atoms with Gasteiger partial charge in [-0.2, -0.15) is 0 Å². The van der Waals surface area contributed by atoms with Crippen LogP contribution in [0.2, 0.25) is 0 Å². The first kappa shape index (κ1) is 14.2. The molecule has 0 saturated heterocycles. The summed E-state index contributed by atoms with van der Waals surface area (Å²) in [5.41, 5.74) is 3.46. The zero-order valence-corrected chi connectivity index (χ0v) is 12.5. The summed E-state index contributed by atoms with van der Waals surface area (Å²) in [6.45, 7) is 5.82. The fraction of sp³-hybridized carbons (Fsp3) is 0.400. The molecule has 4 heteroatoms. The van der Waals surface area contributed by atoms with Crippen LogP contribution in [0.15, 0.2) is 29.6 Å². The second-order valence-electron chi connectivity index (χ2n) is 4.45. The van der Waals surface area contributed by atoms with E-state index in [2.05, 4.69) is 36.7 Å². The van der Waals surface area contributed by atoms with E-state index in [0.717, 1.165) is 17.2 Å². The lowest BCUT2D eigenvalue weighted by molar-refractivity contribution is 0.185. The lowest BCUT2D eigenvalue weighted by atomic mass is 10.1. The van der Waals surface area contributed by atoms with Crippen molar-refractivity contribution in [3.8, 4) is 10.6 Å². The number of nitrogens with one attached hydrogen (secondary N) is 1. The molecule has 0 aliphatic carbocycles. The van der Waals surface area contributed by atoms with E-state index in [9.17, 15) is 0 Å². The minimum absolute atomic E-state index is 0.296. The van der Waals surface area contributed by atoms with Crippen LogP contribution in [-0.2, 0) is 11.3 Å². The van der Waals surface area contributed by atoms with Gasteiger partial charge in [-0.15, -0.1) is 11.3 Å². The molecule has 0 amide bonds. The summed E-state index contributed by atoms with van der Waals surface area (Å²) in [5.74, 6) is 0. The number of aromatic nitrogens is 1. The van der Waals surface area contributed by atoms with Crippen molar-refractivity contribution in [1.82, 2.24) is 10.3 Å². The second kappa shape index (κ2) is 6.80. The lowest BCUT2D eigenvalue weighted by Crippen LogP contribution is -2.17. The molecule has 1 N–H and O–H groups in total. The third-order valence-corrected chi connectivity index (χ3v) is 3.92. The number of methoxy groups -OCH3 is 1. The maximum atomic E-state index is 5.25. The van der Waals surface area contributed by atoms with Crippen LogP contribution in [0.4, 0.5) is 0 Å². The lowest BCUT2D eigenvalue weighted by Gasteiger charge is -2.09. The zero-order valence-electron chi connectivity index (χ0n) is 11.6. The summed E-state index contributed by atoms with van der Waals surface area (Å²) in [6, 6.07) is 8.57. The quantitative estimate of drug-likeness (QED) is 0.875. The molecule has 0 saturated carbocycles. The normalized spacial score (nSPS) is 12.6. The molecule has 102 valence electrons. The third kappa shape index (κ3) is 3.41. The maximum absolute atomic E-state index is 5.25. The number of rotatable bonds is 6. The van der Waals surface area contributed by atoms with E-state index in [1.807, 2.05) is 12.1 Å². The van der Waals surface area contributed by atoms with Crippen LogP contribution >= 0.6 is 11.3 Å². The Bertz CT molecular complexity index is 524. The zero-order chi connectivity index (χ0) is 13.7. The Balaban J connectivity index is 2.27. The fourth-order valence-electron chi connectivity index (χ4n) is 2.03. The van der Waals surface area contributed by atoms with Crippen molar-refractivity contribution in [2.45, 2.75) is 26.5 Å². The molecule has 19 heavy (non-hydrogen) atoms. The molecule has 2 rings (SSSR count). The first-order valence-electron chi connectivity index (χ1n) is 6.52. The monoisotopic (exact) mass is 276 g/mol. The van der Waals surface area contributed by atoms with Gasteiger partial charge in [-0.1, -0.05) is 31.2 Å². The summed E-state index contributed by atoms with van der Waals surface area (Å²) in [5, 5.41) is 6.58. The van der Waals surface area contributed by atoms with Crippen molar-refractivity contribution in [3.63, 3.8) is 0 Å². The minimum atomic E-state index is 0.296. The highest BCUT2D eigenvalue weighted by molar-refractivity contribution is 7.13. The minimum Gasteiger partial charge on any atom is -0.380 e. The van der Waals surface area contributed by atoms with Gasteiger partial charge in [0, 0.05) is 24.1 Å². The van der Waals surface area contributed by atoms with E-state index in [-0.39, 0.29) is 0 Å². The molecule has 1 aromatic carbocycles. The summed E-state index contributed by atoms with van der Waals surface area (Å²) in [7, 11) is 1.72. The van der Waals surface area contributed by atoms with Gasteiger partial charge in [0.1, 0.15) is 5.01 Å². The van der Waals surface area contributed by atoms with Gasteiger partial charge in [0.15, 0.2) is 0 Å². The van der Waals surface area contributed by atoms with Crippen LogP contribution in [-0.4, -0.2) is 18.6 Å². The predicted molar refractivity (Wildman–Crippen MR) is 80.4 cm³/mol. The van der Waals surface area contributed by atoms with Crippen molar-refractivity contribution in [1.29, 1.82) is 0 Å². The molecular formula is C15H20N2OS. The van der Waals surface area contributed by atoms with E-state index >= 15 is 0 Å². The molecule has 0 aliphatic heterocycles. The second-order valence-corrected chi connectivity index (χ2v) is 5.31. The molecule has 1 aromatic heterocycles. The van der Waals surface area contributed by atoms with E-state index in [0.29, 0.717) is 12.6 Å². The van der Waals surface area contributed by atoms with Gasteiger partial charge in [0.05, 0.1) is 12.3 Å². The third-order valence-electron chi connectivity index (χ3n) is 3.02. The van der Waals surface area contributed by atoms with Crippen LogP contribution in [0.1, 0.15) is 31.1 Å². The highest BCUT2D eigenvalue weighted by Crippen LogP contribution is 2.29. The van der Waals surface area contributed by atoms with Crippen LogP contribution in [0.3, 0.4) is 0 Å². The number of hydrogen-bond acceptors (Lipinski definition) is 4. The molecule has 0 spiro atoms. The number of thiazole rings is 1. The Labute approximate surface area is 118 Å². The Morgan fingerprint density at radius 1 is 1.37 bits per heavy atom. The number of nitrogens with zero attached hydrogens (tertiary/aromatic N) is 1. The van der Waals surface area contributed by atoms with Crippen molar-refractivity contribution >= 4 is 11.3 Å². The topological polar surface area (TPSA) is 34.1 Å². The average molecular weight is 276 g/mol. The molecular weight excluding hydrogens is 256 g/mol. The van der Waals surface area contributed by atoms with Crippen LogP contribution in [0, 0.1) is 0 Å². The number of ether oxygens (including phenoxy) is 1. The van der Waals surface area contributed by atoms with E-state index in [1.54, 1.807) is 18.4 Å².